The molecule has 186 valence electrons. The summed E-state index contributed by atoms with van der Waals surface area (Å²) in [4.78, 5) is 38.4. The predicted octanol–water partition coefficient (Wildman–Crippen LogP) is 3.30. The lowest BCUT2D eigenvalue weighted by Crippen LogP contribution is -2.52. The number of hydrazine groups is 1. The zero-order valence-electron chi connectivity index (χ0n) is 19.4. The maximum atomic E-state index is 13.1. The van der Waals surface area contributed by atoms with Crippen LogP contribution in [0.5, 0.6) is 0 Å². The Labute approximate surface area is 192 Å². The Morgan fingerprint density at radius 1 is 1.24 bits per heavy atom. The summed E-state index contributed by atoms with van der Waals surface area (Å²) >= 11 is 0.996. The molecule has 0 radical (unpaired) electrons. The molecule has 0 spiro atoms. The molecule has 2 aromatic rings. The van der Waals surface area contributed by atoms with Crippen LogP contribution in [0.25, 0.3) is 10.2 Å². The molecule has 2 aromatic heterocycles. The van der Waals surface area contributed by atoms with E-state index in [9.17, 15) is 32.7 Å². The van der Waals surface area contributed by atoms with Crippen molar-refractivity contribution in [2.45, 2.75) is 78.5 Å². The average Bonchev–Trinajstić information content (AvgIpc) is 2.99. The van der Waals surface area contributed by atoms with Crippen molar-refractivity contribution in [3.8, 4) is 0 Å². The third-order valence-electron chi connectivity index (χ3n) is 5.11. The van der Waals surface area contributed by atoms with Crippen molar-refractivity contribution < 1.29 is 27.8 Å². The van der Waals surface area contributed by atoms with Crippen molar-refractivity contribution in [2.75, 3.05) is 7.11 Å². The SMILES string of the molecule is COC(C)Cn1c(=O)c2c(C)c(CNN(C(=O)O)C(C)(C)C)sc2n(CCC(F)(F)F)c1=O. The standard InChI is InChI=1S/C20H29F3N4O5S/c1-11(32-6)10-26-15(28)14-12(2)13(9-24-27(18(30)31)19(3,4)5)33-16(14)25(17(26)29)8-7-20(21,22)23/h11,24H,7-10H2,1-6H3,(H,30,31). The van der Waals surface area contributed by atoms with Gasteiger partial charge in [0, 0.05) is 18.5 Å². The number of methoxy groups -OCH3 is 1. The van der Waals surface area contributed by atoms with Crippen molar-refractivity contribution >= 4 is 27.6 Å². The summed E-state index contributed by atoms with van der Waals surface area (Å²) < 4.78 is 45.8. The van der Waals surface area contributed by atoms with Gasteiger partial charge in [0.15, 0.2) is 0 Å². The number of fused-ring (bicyclic) bond motifs is 1. The van der Waals surface area contributed by atoms with Gasteiger partial charge in [0.1, 0.15) is 4.83 Å². The molecule has 2 rings (SSSR count). The first-order valence-corrected chi connectivity index (χ1v) is 11.0. The summed E-state index contributed by atoms with van der Waals surface area (Å²) in [6.45, 7) is 7.59. The number of nitrogens with one attached hydrogen (secondary N) is 1. The smallest absolute Gasteiger partial charge is 0.422 e. The molecule has 0 aromatic carbocycles. The van der Waals surface area contributed by atoms with E-state index in [2.05, 4.69) is 5.43 Å². The molecular weight excluding hydrogens is 465 g/mol. The van der Waals surface area contributed by atoms with Gasteiger partial charge < -0.3 is 9.84 Å². The fourth-order valence-electron chi connectivity index (χ4n) is 3.28. The third kappa shape index (κ3) is 6.15. The van der Waals surface area contributed by atoms with Crippen LogP contribution in [-0.2, 0) is 24.4 Å². The molecule has 0 saturated heterocycles. The number of aromatic nitrogens is 2. The number of ether oxygens (including phenoxy) is 1. The lowest BCUT2D eigenvalue weighted by atomic mass is 10.1. The van der Waals surface area contributed by atoms with Gasteiger partial charge in [0.25, 0.3) is 5.56 Å². The molecule has 0 aliphatic carbocycles. The molecule has 1 atom stereocenters. The number of carboxylic acid groups (broad SMARTS) is 1. The quantitative estimate of drug-likeness (QED) is 0.546. The molecule has 13 heteroatoms. The number of rotatable bonds is 8. The van der Waals surface area contributed by atoms with Crippen LogP contribution in [-0.4, -0.2) is 50.3 Å². The second-order valence-corrected chi connectivity index (χ2v) is 9.80. The molecule has 2 heterocycles. The Kier molecular flexibility index (Phi) is 8.02. The maximum absolute atomic E-state index is 13.1. The molecular formula is C20H29F3N4O5S. The van der Waals surface area contributed by atoms with Gasteiger partial charge in [0.2, 0.25) is 0 Å². The fourth-order valence-corrected chi connectivity index (χ4v) is 4.53. The van der Waals surface area contributed by atoms with Gasteiger partial charge in [-0.15, -0.1) is 11.3 Å². The first kappa shape index (κ1) is 26.9. The van der Waals surface area contributed by atoms with E-state index in [0.717, 1.165) is 25.5 Å². The first-order chi connectivity index (χ1) is 15.1. The summed E-state index contributed by atoms with van der Waals surface area (Å²) in [5.41, 5.74) is 1.04. The number of alkyl halides is 3. The molecule has 2 N–H and O–H groups in total. The van der Waals surface area contributed by atoms with E-state index in [1.54, 1.807) is 34.6 Å². The summed E-state index contributed by atoms with van der Waals surface area (Å²) in [6.07, 6.45) is -7.45. The Balaban J connectivity index is 2.64. The van der Waals surface area contributed by atoms with Crippen LogP contribution in [0.2, 0.25) is 0 Å². The topological polar surface area (TPSA) is 106 Å². The normalized spacial score (nSPS) is 13.5. The Morgan fingerprint density at radius 2 is 1.85 bits per heavy atom. The molecule has 0 fully saturated rings. The number of halogens is 3. The van der Waals surface area contributed by atoms with Crippen molar-refractivity contribution in [3.63, 3.8) is 0 Å². The van der Waals surface area contributed by atoms with Crippen molar-refractivity contribution in [1.29, 1.82) is 0 Å². The van der Waals surface area contributed by atoms with E-state index in [4.69, 9.17) is 4.74 Å². The van der Waals surface area contributed by atoms with Gasteiger partial charge in [-0.2, -0.15) is 13.2 Å². The molecule has 0 saturated carbocycles. The minimum absolute atomic E-state index is 0.0100. The van der Waals surface area contributed by atoms with Gasteiger partial charge in [-0.1, -0.05) is 0 Å². The van der Waals surface area contributed by atoms with Crippen LogP contribution in [0.4, 0.5) is 18.0 Å². The highest BCUT2D eigenvalue weighted by molar-refractivity contribution is 7.18. The van der Waals surface area contributed by atoms with Crippen LogP contribution in [0.1, 0.15) is 44.6 Å². The minimum atomic E-state index is -4.49. The zero-order chi connectivity index (χ0) is 25.3. The predicted molar refractivity (Wildman–Crippen MR) is 119 cm³/mol. The van der Waals surface area contributed by atoms with Crippen LogP contribution in [0.3, 0.4) is 0 Å². The lowest BCUT2D eigenvalue weighted by molar-refractivity contribution is -0.136. The maximum Gasteiger partial charge on any atom is 0.422 e. The number of hydrogen-bond acceptors (Lipinski definition) is 6. The highest BCUT2D eigenvalue weighted by atomic mass is 32.1. The summed E-state index contributed by atoms with van der Waals surface area (Å²) in [5.74, 6) is 0. The van der Waals surface area contributed by atoms with E-state index in [1.165, 1.54) is 7.11 Å². The van der Waals surface area contributed by atoms with E-state index < -0.39 is 48.1 Å². The molecule has 0 bridgehead atoms. The second-order valence-electron chi connectivity index (χ2n) is 8.72. The average molecular weight is 495 g/mol. The van der Waals surface area contributed by atoms with Gasteiger partial charge in [0.05, 0.1) is 36.5 Å². The number of hydrogen-bond donors (Lipinski definition) is 2. The molecule has 0 aliphatic heterocycles. The largest absolute Gasteiger partial charge is 0.464 e. The van der Waals surface area contributed by atoms with Gasteiger partial charge >= 0.3 is 18.0 Å². The van der Waals surface area contributed by atoms with E-state index in [0.29, 0.717) is 10.4 Å². The van der Waals surface area contributed by atoms with Crippen LogP contribution in [0, 0.1) is 6.92 Å². The van der Waals surface area contributed by atoms with E-state index >= 15 is 0 Å². The molecule has 9 nitrogen and oxygen atoms in total. The Bertz CT molecular complexity index is 1130. The lowest BCUT2D eigenvalue weighted by Gasteiger charge is -2.33. The van der Waals surface area contributed by atoms with Gasteiger partial charge in [-0.25, -0.2) is 20.0 Å². The minimum Gasteiger partial charge on any atom is -0.464 e. The molecule has 0 aliphatic rings. The second kappa shape index (κ2) is 9.85. The molecule has 33 heavy (non-hydrogen) atoms. The van der Waals surface area contributed by atoms with Gasteiger partial charge in [-0.05, 0) is 40.2 Å². The van der Waals surface area contributed by atoms with E-state index in [-0.39, 0.29) is 23.3 Å². The number of nitrogens with zero attached hydrogens (tertiary/aromatic N) is 3. The first-order valence-electron chi connectivity index (χ1n) is 10.2. The third-order valence-corrected chi connectivity index (χ3v) is 6.43. The highest BCUT2D eigenvalue weighted by Gasteiger charge is 2.30. The number of carbonyl (C=O) groups is 1. The summed E-state index contributed by atoms with van der Waals surface area (Å²) in [5, 5.41) is 10.6. The molecule has 1 unspecified atom stereocenters. The van der Waals surface area contributed by atoms with Crippen molar-refractivity contribution in [3.05, 3.63) is 31.3 Å². The van der Waals surface area contributed by atoms with Crippen LogP contribution < -0.4 is 16.7 Å². The summed E-state index contributed by atoms with van der Waals surface area (Å²) in [7, 11) is 1.40. The Hall–Kier alpha value is -2.38. The van der Waals surface area contributed by atoms with Crippen LogP contribution in [0.15, 0.2) is 9.59 Å². The number of aryl methyl sites for hydroxylation is 2. The van der Waals surface area contributed by atoms with E-state index in [1.807, 2.05) is 0 Å². The monoisotopic (exact) mass is 494 g/mol. The number of thiophene rings is 1. The van der Waals surface area contributed by atoms with Crippen LogP contribution >= 0.6 is 11.3 Å². The highest BCUT2D eigenvalue weighted by Crippen LogP contribution is 2.29. The zero-order valence-corrected chi connectivity index (χ0v) is 20.2. The van der Waals surface area contributed by atoms with Crippen molar-refractivity contribution in [2.24, 2.45) is 0 Å². The Morgan fingerprint density at radius 3 is 2.33 bits per heavy atom. The molecule has 1 amide bonds. The van der Waals surface area contributed by atoms with Crippen molar-refractivity contribution in [1.82, 2.24) is 19.6 Å². The summed E-state index contributed by atoms with van der Waals surface area (Å²) in [6, 6.07) is 0. The van der Waals surface area contributed by atoms with Gasteiger partial charge in [-0.3, -0.25) is 13.9 Å². The fraction of sp³-hybridized carbons (Fsp3) is 0.650. The number of amides is 1.